The fourth-order valence-electron chi connectivity index (χ4n) is 2.88. The molecular weight excluding hydrogens is 256 g/mol. The molecule has 3 rings (SSSR count). The van der Waals surface area contributed by atoms with Gasteiger partial charge >= 0.3 is 0 Å². The van der Waals surface area contributed by atoms with Gasteiger partial charge in [-0.2, -0.15) is 0 Å². The standard InChI is InChI=1S/C20H18O/c1-13-8-11-17(15(3)12-13)20(21)19-14(2)9-10-16-6-4-5-7-18(16)19/h4-12H,1-3H3. The van der Waals surface area contributed by atoms with Crippen molar-refractivity contribution in [1.82, 2.24) is 0 Å². The highest BCUT2D eigenvalue weighted by atomic mass is 16.1. The molecule has 0 aliphatic carbocycles. The van der Waals surface area contributed by atoms with E-state index in [4.69, 9.17) is 0 Å². The van der Waals surface area contributed by atoms with Crippen molar-refractivity contribution in [2.45, 2.75) is 20.8 Å². The SMILES string of the molecule is Cc1ccc(C(=O)c2c(C)ccc3ccccc23)c(C)c1. The van der Waals surface area contributed by atoms with Crippen LogP contribution >= 0.6 is 0 Å². The third kappa shape index (κ3) is 2.36. The third-order valence-electron chi connectivity index (χ3n) is 3.99. The molecule has 0 N–H and O–H groups in total. The molecule has 0 aromatic heterocycles. The zero-order valence-electron chi connectivity index (χ0n) is 12.6. The van der Waals surface area contributed by atoms with Crippen molar-refractivity contribution in [2.24, 2.45) is 0 Å². The number of ketones is 1. The van der Waals surface area contributed by atoms with Crippen LogP contribution in [-0.2, 0) is 0 Å². The van der Waals surface area contributed by atoms with Crippen molar-refractivity contribution in [1.29, 1.82) is 0 Å². The second-order valence-corrected chi connectivity index (χ2v) is 5.63. The summed E-state index contributed by atoms with van der Waals surface area (Å²) < 4.78 is 0. The van der Waals surface area contributed by atoms with Crippen LogP contribution in [0.2, 0.25) is 0 Å². The number of fused-ring (bicyclic) bond motifs is 1. The minimum atomic E-state index is 0.113. The van der Waals surface area contributed by atoms with E-state index in [1.807, 2.05) is 63.2 Å². The quantitative estimate of drug-likeness (QED) is 0.601. The van der Waals surface area contributed by atoms with Crippen LogP contribution in [0.4, 0.5) is 0 Å². The van der Waals surface area contributed by atoms with E-state index in [9.17, 15) is 4.79 Å². The molecule has 0 aliphatic heterocycles. The first-order valence-corrected chi connectivity index (χ1v) is 7.18. The van der Waals surface area contributed by atoms with Crippen molar-refractivity contribution in [2.75, 3.05) is 0 Å². The Morgan fingerprint density at radius 3 is 2.33 bits per heavy atom. The highest BCUT2D eigenvalue weighted by Gasteiger charge is 2.16. The van der Waals surface area contributed by atoms with Gasteiger partial charge < -0.3 is 0 Å². The molecule has 0 saturated heterocycles. The minimum absolute atomic E-state index is 0.113. The Balaban J connectivity index is 2.24. The summed E-state index contributed by atoms with van der Waals surface area (Å²) in [4.78, 5) is 13.0. The van der Waals surface area contributed by atoms with E-state index >= 15 is 0 Å². The monoisotopic (exact) mass is 274 g/mol. The molecule has 0 heterocycles. The average molecular weight is 274 g/mol. The topological polar surface area (TPSA) is 17.1 Å². The van der Waals surface area contributed by atoms with Gasteiger partial charge in [0.25, 0.3) is 0 Å². The lowest BCUT2D eigenvalue weighted by molar-refractivity contribution is 0.103. The second kappa shape index (κ2) is 5.17. The summed E-state index contributed by atoms with van der Waals surface area (Å²) in [6.45, 7) is 6.05. The van der Waals surface area contributed by atoms with Crippen LogP contribution in [0.5, 0.6) is 0 Å². The molecule has 0 atom stereocenters. The van der Waals surface area contributed by atoms with E-state index in [0.717, 1.165) is 33.0 Å². The lowest BCUT2D eigenvalue weighted by Gasteiger charge is -2.11. The molecule has 0 bridgehead atoms. The summed E-state index contributed by atoms with van der Waals surface area (Å²) in [6.07, 6.45) is 0. The molecule has 104 valence electrons. The molecular formula is C20H18O. The van der Waals surface area contributed by atoms with Crippen LogP contribution < -0.4 is 0 Å². The van der Waals surface area contributed by atoms with Gasteiger partial charge in [0.05, 0.1) is 0 Å². The number of hydrogen-bond acceptors (Lipinski definition) is 1. The van der Waals surface area contributed by atoms with Crippen molar-refractivity contribution >= 4 is 16.6 Å². The van der Waals surface area contributed by atoms with E-state index in [2.05, 4.69) is 12.1 Å². The van der Waals surface area contributed by atoms with Gasteiger partial charge in [0.1, 0.15) is 0 Å². The van der Waals surface area contributed by atoms with Crippen LogP contribution in [0, 0.1) is 20.8 Å². The number of carbonyl (C=O) groups is 1. The predicted octanol–water partition coefficient (Wildman–Crippen LogP) is 5.00. The Kier molecular flexibility index (Phi) is 3.34. The minimum Gasteiger partial charge on any atom is -0.289 e. The fraction of sp³-hybridized carbons (Fsp3) is 0.150. The second-order valence-electron chi connectivity index (χ2n) is 5.63. The van der Waals surface area contributed by atoms with E-state index < -0.39 is 0 Å². The van der Waals surface area contributed by atoms with Crippen LogP contribution in [0.3, 0.4) is 0 Å². The molecule has 0 saturated carbocycles. The highest BCUT2D eigenvalue weighted by Crippen LogP contribution is 2.26. The maximum absolute atomic E-state index is 13.0. The van der Waals surface area contributed by atoms with E-state index in [0.29, 0.717) is 0 Å². The normalized spacial score (nSPS) is 10.8. The number of carbonyl (C=O) groups excluding carboxylic acids is 1. The zero-order chi connectivity index (χ0) is 15.0. The zero-order valence-corrected chi connectivity index (χ0v) is 12.6. The van der Waals surface area contributed by atoms with Gasteiger partial charge in [-0.3, -0.25) is 4.79 Å². The summed E-state index contributed by atoms with van der Waals surface area (Å²) in [5.74, 6) is 0.113. The smallest absolute Gasteiger partial charge is 0.194 e. The number of hydrogen-bond donors (Lipinski definition) is 0. The predicted molar refractivity (Wildman–Crippen MR) is 88.0 cm³/mol. The van der Waals surface area contributed by atoms with Crippen molar-refractivity contribution in [3.63, 3.8) is 0 Å². The van der Waals surface area contributed by atoms with E-state index in [-0.39, 0.29) is 5.78 Å². The van der Waals surface area contributed by atoms with Gasteiger partial charge in [-0.05, 0) is 42.7 Å². The number of rotatable bonds is 2. The maximum Gasteiger partial charge on any atom is 0.194 e. The van der Waals surface area contributed by atoms with Gasteiger partial charge in [0.2, 0.25) is 0 Å². The van der Waals surface area contributed by atoms with Crippen LogP contribution in [0.25, 0.3) is 10.8 Å². The first-order valence-electron chi connectivity index (χ1n) is 7.18. The van der Waals surface area contributed by atoms with Gasteiger partial charge in [0, 0.05) is 11.1 Å². The lowest BCUT2D eigenvalue weighted by Crippen LogP contribution is -2.07. The van der Waals surface area contributed by atoms with Gasteiger partial charge in [0.15, 0.2) is 5.78 Å². The molecule has 0 aliphatic rings. The van der Waals surface area contributed by atoms with Crippen molar-refractivity contribution < 1.29 is 4.79 Å². The van der Waals surface area contributed by atoms with Crippen molar-refractivity contribution in [3.05, 3.63) is 82.4 Å². The molecule has 1 nitrogen and oxygen atoms in total. The molecule has 0 fully saturated rings. The Morgan fingerprint density at radius 2 is 1.57 bits per heavy atom. The Bertz CT molecular complexity index is 844. The van der Waals surface area contributed by atoms with Gasteiger partial charge in [-0.15, -0.1) is 0 Å². The van der Waals surface area contributed by atoms with E-state index in [1.54, 1.807) is 0 Å². The van der Waals surface area contributed by atoms with Crippen molar-refractivity contribution in [3.8, 4) is 0 Å². The van der Waals surface area contributed by atoms with Crippen LogP contribution in [-0.4, -0.2) is 5.78 Å². The highest BCUT2D eigenvalue weighted by molar-refractivity contribution is 6.18. The number of benzene rings is 3. The summed E-state index contributed by atoms with van der Waals surface area (Å²) in [5.41, 5.74) is 4.85. The summed E-state index contributed by atoms with van der Waals surface area (Å²) in [7, 11) is 0. The first-order chi connectivity index (χ1) is 10.1. The van der Waals surface area contributed by atoms with E-state index in [1.165, 1.54) is 5.56 Å². The molecule has 1 heteroatoms. The van der Waals surface area contributed by atoms with Gasteiger partial charge in [-0.25, -0.2) is 0 Å². The lowest BCUT2D eigenvalue weighted by atomic mass is 9.91. The van der Waals surface area contributed by atoms with Crippen LogP contribution in [0.1, 0.15) is 32.6 Å². The Labute approximate surface area is 125 Å². The fourth-order valence-corrected chi connectivity index (χ4v) is 2.88. The molecule has 0 spiro atoms. The average Bonchev–Trinajstić information content (AvgIpc) is 2.46. The first kappa shape index (κ1) is 13.6. The molecule has 0 unspecified atom stereocenters. The summed E-state index contributed by atoms with van der Waals surface area (Å²) in [6, 6.07) is 18.2. The van der Waals surface area contributed by atoms with Crippen LogP contribution in [0.15, 0.2) is 54.6 Å². The maximum atomic E-state index is 13.0. The van der Waals surface area contributed by atoms with Gasteiger partial charge in [-0.1, -0.05) is 60.2 Å². The summed E-state index contributed by atoms with van der Waals surface area (Å²) >= 11 is 0. The molecule has 0 amide bonds. The third-order valence-corrected chi connectivity index (χ3v) is 3.99. The molecule has 3 aromatic carbocycles. The molecule has 0 radical (unpaired) electrons. The summed E-state index contributed by atoms with van der Waals surface area (Å²) in [5, 5.41) is 2.14. The Hall–Kier alpha value is -2.41. The Morgan fingerprint density at radius 1 is 0.810 bits per heavy atom. The molecule has 3 aromatic rings. The number of aryl methyl sites for hydroxylation is 3. The largest absolute Gasteiger partial charge is 0.289 e. The molecule has 21 heavy (non-hydrogen) atoms.